The number of phenolic OH excluding ortho intramolecular Hbond substituents is 1. The van der Waals surface area contributed by atoms with E-state index in [1.165, 1.54) is 0 Å². The van der Waals surface area contributed by atoms with Gasteiger partial charge in [0.2, 0.25) is 0 Å². The molecule has 0 saturated carbocycles. The second-order valence-corrected chi connectivity index (χ2v) is 4.79. The van der Waals surface area contributed by atoms with Crippen LogP contribution in [-0.2, 0) is 0 Å². The topological polar surface area (TPSA) is 35.5 Å². The minimum atomic E-state index is 0.144. The highest BCUT2D eigenvalue weighted by atomic mass is 16.3. The van der Waals surface area contributed by atoms with Gasteiger partial charge in [0.1, 0.15) is 5.75 Å². The molecule has 0 saturated heterocycles. The maximum Gasteiger partial charge on any atom is 0.122 e. The lowest BCUT2D eigenvalue weighted by Crippen LogP contribution is -2.30. The first-order valence-electron chi connectivity index (χ1n) is 6.39. The summed E-state index contributed by atoms with van der Waals surface area (Å²) < 4.78 is 0. The zero-order valence-corrected chi connectivity index (χ0v) is 11.8. The van der Waals surface area contributed by atoms with Crippen molar-refractivity contribution in [3.05, 3.63) is 36.4 Å². The first kappa shape index (κ1) is 14.6. The van der Waals surface area contributed by atoms with Crippen molar-refractivity contribution < 1.29 is 5.11 Å². The molecule has 18 heavy (non-hydrogen) atoms. The van der Waals surface area contributed by atoms with Crippen molar-refractivity contribution in [1.82, 2.24) is 5.32 Å². The molecule has 1 aromatic carbocycles. The first-order chi connectivity index (χ1) is 8.51. The van der Waals surface area contributed by atoms with Gasteiger partial charge in [-0.15, -0.1) is 6.58 Å². The highest BCUT2D eigenvalue weighted by Crippen LogP contribution is 2.29. The van der Waals surface area contributed by atoms with Crippen LogP contribution in [-0.4, -0.2) is 24.7 Å². The van der Waals surface area contributed by atoms with E-state index in [2.05, 4.69) is 30.6 Å². The average molecular weight is 248 g/mol. The molecule has 0 heterocycles. The van der Waals surface area contributed by atoms with E-state index in [4.69, 9.17) is 0 Å². The Kier molecular flexibility index (Phi) is 5.23. The van der Waals surface area contributed by atoms with Gasteiger partial charge in [-0.3, -0.25) is 0 Å². The van der Waals surface area contributed by atoms with Crippen LogP contribution in [0, 0.1) is 0 Å². The van der Waals surface area contributed by atoms with Crippen molar-refractivity contribution in [2.45, 2.75) is 32.9 Å². The molecule has 1 unspecified atom stereocenters. The third kappa shape index (κ3) is 3.26. The lowest BCUT2D eigenvalue weighted by atomic mass is 10.1. The molecule has 0 amide bonds. The molecule has 2 N–H and O–H groups in total. The molecular formula is C15H24N2O. The number of anilines is 1. The number of hydrogen-bond acceptors (Lipinski definition) is 3. The smallest absolute Gasteiger partial charge is 0.122 e. The van der Waals surface area contributed by atoms with Gasteiger partial charge in [-0.1, -0.05) is 12.1 Å². The highest BCUT2D eigenvalue weighted by molar-refractivity contribution is 5.55. The largest absolute Gasteiger partial charge is 0.508 e. The zero-order valence-electron chi connectivity index (χ0n) is 11.8. The van der Waals surface area contributed by atoms with Gasteiger partial charge in [0.05, 0.1) is 0 Å². The zero-order chi connectivity index (χ0) is 13.7. The van der Waals surface area contributed by atoms with Crippen molar-refractivity contribution >= 4 is 5.69 Å². The Morgan fingerprint density at radius 1 is 1.39 bits per heavy atom. The van der Waals surface area contributed by atoms with Crippen molar-refractivity contribution in [3.8, 4) is 5.75 Å². The van der Waals surface area contributed by atoms with Crippen LogP contribution in [0.2, 0.25) is 0 Å². The van der Waals surface area contributed by atoms with E-state index in [1.54, 1.807) is 0 Å². The summed E-state index contributed by atoms with van der Waals surface area (Å²) in [6.45, 7) is 10.8. The maximum absolute atomic E-state index is 10.1. The number of hydrogen-bond donors (Lipinski definition) is 2. The lowest BCUT2D eigenvalue weighted by Gasteiger charge is -2.28. The van der Waals surface area contributed by atoms with Crippen LogP contribution < -0.4 is 10.2 Å². The van der Waals surface area contributed by atoms with Gasteiger partial charge in [-0.25, -0.2) is 0 Å². The van der Waals surface area contributed by atoms with Crippen molar-refractivity contribution in [2.24, 2.45) is 0 Å². The standard InChI is InChI=1S/C15H24N2O/c1-6-9-17(11(2)3)13-7-8-14(12(4)16-5)15(18)10-13/h6-8,10-12,16,18H,1,9H2,2-5H3. The lowest BCUT2D eigenvalue weighted by molar-refractivity contribution is 0.457. The summed E-state index contributed by atoms with van der Waals surface area (Å²) in [5, 5.41) is 13.2. The molecule has 3 heteroatoms. The number of nitrogens with zero attached hydrogens (tertiary/aromatic N) is 1. The second-order valence-electron chi connectivity index (χ2n) is 4.79. The third-order valence-corrected chi connectivity index (χ3v) is 3.19. The fourth-order valence-corrected chi connectivity index (χ4v) is 1.99. The van der Waals surface area contributed by atoms with Crippen LogP contribution in [0.3, 0.4) is 0 Å². The Labute approximate surface area is 110 Å². The molecule has 0 fully saturated rings. The van der Waals surface area contributed by atoms with Gasteiger partial charge < -0.3 is 15.3 Å². The van der Waals surface area contributed by atoms with E-state index in [1.807, 2.05) is 38.2 Å². The summed E-state index contributed by atoms with van der Waals surface area (Å²) in [5.74, 6) is 0.337. The maximum atomic E-state index is 10.1. The number of benzene rings is 1. The Morgan fingerprint density at radius 3 is 2.50 bits per heavy atom. The summed E-state index contributed by atoms with van der Waals surface area (Å²) in [7, 11) is 1.89. The molecule has 0 aliphatic heterocycles. The molecule has 1 rings (SSSR count). The van der Waals surface area contributed by atoms with E-state index in [-0.39, 0.29) is 6.04 Å². The molecule has 1 atom stereocenters. The Bertz CT molecular complexity index is 401. The molecule has 1 aromatic rings. The minimum absolute atomic E-state index is 0.144. The van der Waals surface area contributed by atoms with Gasteiger partial charge in [-0.05, 0) is 33.9 Å². The van der Waals surface area contributed by atoms with Crippen molar-refractivity contribution in [1.29, 1.82) is 0 Å². The molecule has 0 radical (unpaired) electrons. The normalized spacial score (nSPS) is 12.5. The predicted molar refractivity (Wildman–Crippen MR) is 78.3 cm³/mol. The van der Waals surface area contributed by atoms with Crippen LogP contribution >= 0.6 is 0 Å². The molecule has 0 aromatic heterocycles. The summed E-state index contributed by atoms with van der Waals surface area (Å²) in [6.07, 6.45) is 1.88. The molecular weight excluding hydrogens is 224 g/mol. The van der Waals surface area contributed by atoms with Gasteiger partial charge >= 0.3 is 0 Å². The molecule has 0 aliphatic carbocycles. The molecule has 0 spiro atoms. The summed E-state index contributed by atoms with van der Waals surface area (Å²) >= 11 is 0. The highest BCUT2D eigenvalue weighted by Gasteiger charge is 2.13. The molecule has 0 aliphatic rings. The summed E-state index contributed by atoms with van der Waals surface area (Å²) in [5.41, 5.74) is 1.94. The number of nitrogens with one attached hydrogen (secondary N) is 1. The quantitative estimate of drug-likeness (QED) is 0.759. The van der Waals surface area contributed by atoms with Crippen LogP contribution in [0.15, 0.2) is 30.9 Å². The average Bonchev–Trinajstić information content (AvgIpc) is 2.34. The van der Waals surface area contributed by atoms with Crippen molar-refractivity contribution in [3.63, 3.8) is 0 Å². The minimum Gasteiger partial charge on any atom is -0.508 e. The number of phenols is 1. The van der Waals surface area contributed by atoms with E-state index < -0.39 is 0 Å². The van der Waals surface area contributed by atoms with E-state index >= 15 is 0 Å². The Morgan fingerprint density at radius 2 is 2.06 bits per heavy atom. The van der Waals surface area contributed by atoms with Gasteiger partial charge in [0, 0.05) is 35.9 Å². The molecule has 3 nitrogen and oxygen atoms in total. The Balaban J connectivity index is 3.05. The SMILES string of the molecule is C=CCN(c1ccc(C(C)NC)c(O)c1)C(C)C. The second kappa shape index (κ2) is 6.45. The molecule has 0 bridgehead atoms. The predicted octanol–water partition coefficient (Wildman–Crippen LogP) is 3.07. The van der Waals surface area contributed by atoms with Crippen LogP contribution in [0.1, 0.15) is 32.4 Å². The van der Waals surface area contributed by atoms with Crippen LogP contribution in [0.25, 0.3) is 0 Å². The molecule has 100 valence electrons. The van der Waals surface area contributed by atoms with Crippen LogP contribution in [0.5, 0.6) is 5.75 Å². The fourth-order valence-electron chi connectivity index (χ4n) is 1.99. The number of aromatic hydroxyl groups is 1. The third-order valence-electron chi connectivity index (χ3n) is 3.19. The first-order valence-corrected chi connectivity index (χ1v) is 6.39. The van der Waals surface area contributed by atoms with Gasteiger partial charge in [0.25, 0.3) is 0 Å². The summed E-state index contributed by atoms with van der Waals surface area (Å²) in [4.78, 5) is 2.19. The van der Waals surface area contributed by atoms with E-state index in [0.29, 0.717) is 11.8 Å². The van der Waals surface area contributed by atoms with E-state index in [0.717, 1.165) is 17.8 Å². The monoisotopic (exact) mass is 248 g/mol. The Hall–Kier alpha value is -1.48. The van der Waals surface area contributed by atoms with E-state index in [9.17, 15) is 5.11 Å². The summed E-state index contributed by atoms with van der Waals surface area (Å²) in [6, 6.07) is 6.37. The van der Waals surface area contributed by atoms with Crippen LogP contribution in [0.4, 0.5) is 5.69 Å². The van der Waals surface area contributed by atoms with Gasteiger partial charge in [0.15, 0.2) is 0 Å². The fraction of sp³-hybridized carbons (Fsp3) is 0.467. The number of rotatable bonds is 6. The van der Waals surface area contributed by atoms with Crippen molar-refractivity contribution in [2.75, 3.05) is 18.5 Å². The van der Waals surface area contributed by atoms with Gasteiger partial charge in [-0.2, -0.15) is 0 Å².